The van der Waals surface area contributed by atoms with Crippen LogP contribution in [0.5, 0.6) is 0 Å². The van der Waals surface area contributed by atoms with Gasteiger partial charge < -0.3 is 10.0 Å². The van der Waals surface area contributed by atoms with E-state index in [-0.39, 0.29) is 28.4 Å². The van der Waals surface area contributed by atoms with E-state index in [4.69, 9.17) is 23.2 Å². The van der Waals surface area contributed by atoms with Gasteiger partial charge >= 0.3 is 0 Å². The lowest BCUT2D eigenvalue weighted by atomic mass is 10.1. The van der Waals surface area contributed by atoms with Crippen LogP contribution in [0.2, 0.25) is 10.0 Å². The molecule has 0 saturated carbocycles. The highest BCUT2D eigenvalue weighted by molar-refractivity contribution is 6.42. The summed E-state index contributed by atoms with van der Waals surface area (Å²) < 4.78 is 0. The summed E-state index contributed by atoms with van der Waals surface area (Å²) in [6, 6.07) is 2.85. The molecule has 0 heterocycles. The zero-order valence-corrected chi connectivity index (χ0v) is 13.0. The summed E-state index contributed by atoms with van der Waals surface area (Å²) in [5, 5.41) is 20.8. The summed E-state index contributed by atoms with van der Waals surface area (Å²) in [5.74, 6) is 0. The fraction of sp³-hybridized carbons (Fsp3) is 0.538. The van der Waals surface area contributed by atoms with Crippen LogP contribution in [0.4, 0.5) is 11.4 Å². The molecule has 1 rings (SSSR count). The topological polar surface area (TPSA) is 66.6 Å². The third-order valence-corrected chi connectivity index (χ3v) is 3.97. The van der Waals surface area contributed by atoms with Crippen molar-refractivity contribution in [3.8, 4) is 0 Å². The maximum atomic E-state index is 11.2. The Labute approximate surface area is 128 Å². The van der Waals surface area contributed by atoms with Crippen molar-refractivity contribution in [2.45, 2.75) is 32.7 Å². The second-order valence-corrected chi connectivity index (χ2v) is 5.21. The minimum atomic E-state index is -0.482. The third-order valence-electron chi connectivity index (χ3n) is 3.25. The van der Waals surface area contributed by atoms with Crippen LogP contribution in [-0.4, -0.2) is 29.2 Å². The van der Waals surface area contributed by atoms with E-state index in [1.807, 2.05) is 18.7 Å². The molecule has 0 spiro atoms. The van der Waals surface area contributed by atoms with Crippen LogP contribution in [0.1, 0.15) is 26.7 Å². The standard InChI is InChI=1S/C13H18Cl2N2O3/c1-3-9(4-2)16(5-6-18)12-7-10(14)11(15)8-13(12)17(19)20/h7-9,18H,3-6H2,1-2H3. The second kappa shape index (κ2) is 7.67. The first kappa shape index (κ1) is 17.0. The molecule has 7 heteroatoms. The number of benzene rings is 1. The van der Waals surface area contributed by atoms with Gasteiger partial charge in [0.05, 0.1) is 21.6 Å². The van der Waals surface area contributed by atoms with Crippen LogP contribution in [0.3, 0.4) is 0 Å². The Morgan fingerprint density at radius 1 is 1.30 bits per heavy atom. The number of aliphatic hydroxyl groups is 1. The smallest absolute Gasteiger partial charge is 0.294 e. The van der Waals surface area contributed by atoms with Crippen LogP contribution < -0.4 is 4.90 Å². The SMILES string of the molecule is CCC(CC)N(CCO)c1cc(Cl)c(Cl)cc1[N+](=O)[O-]. The van der Waals surface area contributed by atoms with Crippen LogP contribution in [-0.2, 0) is 0 Å². The van der Waals surface area contributed by atoms with Gasteiger partial charge in [-0.25, -0.2) is 0 Å². The maximum absolute atomic E-state index is 11.2. The van der Waals surface area contributed by atoms with E-state index in [2.05, 4.69) is 0 Å². The molecule has 0 aliphatic rings. The number of aliphatic hydroxyl groups excluding tert-OH is 1. The molecule has 1 N–H and O–H groups in total. The highest BCUT2D eigenvalue weighted by Crippen LogP contribution is 2.37. The normalized spacial score (nSPS) is 10.9. The lowest BCUT2D eigenvalue weighted by Gasteiger charge is -2.31. The molecule has 0 amide bonds. The van der Waals surface area contributed by atoms with Crippen molar-refractivity contribution >= 4 is 34.6 Å². The molecular formula is C13H18Cl2N2O3. The largest absolute Gasteiger partial charge is 0.395 e. The molecule has 0 aliphatic heterocycles. The molecule has 20 heavy (non-hydrogen) atoms. The summed E-state index contributed by atoms with van der Waals surface area (Å²) in [6.07, 6.45) is 1.63. The minimum absolute atomic E-state index is 0.0894. The average Bonchev–Trinajstić information content (AvgIpc) is 2.41. The van der Waals surface area contributed by atoms with Crippen molar-refractivity contribution in [2.24, 2.45) is 0 Å². The van der Waals surface area contributed by atoms with Crippen molar-refractivity contribution in [3.63, 3.8) is 0 Å². The van der Waals surface area contributed by atoms with Crippen molar-refractivity contribution in [3.05, 3.63) is 32.3 Å². The number of nitrogens with zero attached hydrogens (tertiary/aromatic N) is 2. The van der Waals surface area contributed by atoms with Crippen LogP contribution in [0.15, 0.2) is 12.1 Å². The summed E-state index contributed by atoms with van der Waals surface area (Å²) in [4.78, 5) is 12.5. The molecule has 0 bridgehead atoms. The van der Waals surface area contributed by atoms with E-state index in [9.17, 15) is 15.2 Å². The lowest BCUT2D eigenvalue weighted by Crippen LogP contribution is -2.37. The van der Waals surface area contributed by atoms with Crippen molar-refractivity contribution in [1.29, 1.82) is 0 Å². The summed E-state index contributed by atoms with van der Waals surface area (Å²) in [6.45, 7) is 4.23. The molecule has 0 atom stereocenters. The second-order valence-electron chi connectivity index (χ2n) is 4.40. The molecule has 1 aromatic carbocycles. The van der Waals surface area contributed by atoms with Gasteiger partial charge in [-0.3, -0.25) is 10.1 Å². The highest BCUT2D eigenvalue weighted by Gasteiger charge is 2.25. The monoisotopic (exact) mass is 320 g/mol. The quantitative estimate of drug-likeness (QED) is 0.611. The number of halogens is 2. The maximum Gasteiger partial charge on any atom is 0.294 e. The van der Waals surface area contributed by atoms with Crippen molar-refractivity contribution in [2.75, 3.05) is 18.1 Å². The first-order chi connectivity index (χ1) is 9.46. The fourth-order valence-corrected chi connectivity index (χ4v) is 2.55. The summed E-state index contributed by atoms with van der Waals surface area (Å²) in [7, 11) is 0. The molecule has 5 nitrogen and oxygen atoms in total. The van der Waals surface area contributed by atoms with Crippen LogP contribution >= 0.6 is 23.2 Å². The number of nitro benzene ring substituents is 1. The Kier molecular flexibility index (Phi) is 6.52. The molecule has 0 aromatic heterocycles. The first-order valence-electron chi connectivity index (χ1n) is 6.47. The Balaban J connectivity index is 3.37. The van der Waals surface area contributed by atoms with E-state index < -0.39 is 4.92 Å². The molecule has 0 fully saturated rings. The van der Waals surface area contributed by atoms with E-state index in [0.717, 1.165) is 12.8 Å². The lowest BCUT2D eigenvalue weighted by molar-refractivity contribution is -0.384. The van der Waals surface area contributed by atoms with Gasteiger partial charge in [-0.15, -0.1) is 0 Å². The zero-order valence-electron chi connectivity index (χ0n) is 11.5. The predicted molar refractivity (Wildman–Crippen MR) is 81.9 cm³/mol. The van der Waals surface area contributed by atoms with Crippen LogP contribution in [0, 0.1) is 10.1 Å². The molecular weight excluding hydrogens is 303 g/mol. The van der Waals surface area contributed by atoms with Crippen LogP contribution in [0.25, 0.3) is 0 Å². The van der Waals surface area contributed by atoms with Crippen molar-refractivity contribution < 1.29 is 10.0 Å². The Morgan fingerprint density at radius 3 is 2.30 bits per heavy atom. The third kappa shape index (κ3) is 3.75. The molecule has 1 aromatic rings. The first-order valence-corrected chi connectivity index (χ1v) is 7.22. The van der Waals surface area contributed by atoms with Gasteiger partial charge in [-0.2, -0.15) is 0 Å². The van der Waals surface area contributed by atoms with Gasteiger partial charge in [0.25, 0.3) is 5.69 Å². The van der Waals surface area contributed by atoms with Gasteiger partial charge in [0.15, 0.2) is 0 Å². The minimum Gasteiger partial charge on any atom is -0.395 e. The number of anilines is 1. The molecule has 0 radical (unpaired) electrons. The van der Waals surface area contributed by atoms with Gasteiger partial charge in [-0.05, 0) is 18.9 Å². The van der Waals surface area contributed by atoms with E-state index in [0.29, 0.717) is 12.2 Å². The van der Waals surface area contributed by atoms with Gasteiger partial charge in [-0.1, -0.05) is 37.0 Å². The number of hydrogen-bond donors (Lipinski definition) is 1. The van der Waals surface area contributed by atoms with E-state index in [1.165, 1.54) is 12.1 Å². The average molecular weight is 321 g/mol. The Morgan fingerprint density at radius 2 is 1.85 bits per heavy atom. The summed E-state index contributed by atoms with van der Waals surface area (Å²) in [5.41, 5.74) is 0.298. The number of rotatable bonds is 7. The fourth-order valence-electron chi connectivity index (χ4n) is 2.24. The van der Waals surface area contributed by atoms with Crippen molar-refractivity contribution in [1.82, 2.24) is 0 Å². The molecule has 0 unspecified atom stereocenters. The number of hydrogen-bond acceptors (Lipinski definition) is 4. The number of nitro groups is 1. The van der Waals surface area contributed by atoms with Gasteiger partial charge in [0.2, 0.25) is 0 Å². The van der Waals surface area contributed by atoms with E-state index in [1.54, 1.807) is 0 Å². The Bertz CT molecular complexity index is 479. The van der Waals surface area contributed by atoms with Gasteiger partial charge in [0, 0.05) is 18.7 Å². The van der Waals surface area contributed by atoms with E-state index >= 15 is 0 Å². The molecule has 112 valence electrons. The van der Waals surface area contributed by atoms with Gasteiger partial charge in [0.1, 0.15) is 5.69 Å². The summed E-state index contributed by atoms with van der Waals surface area (Å²) >= 11 is 11.8. The Hall–Kier alpha value is -1.04. The molecule has 0 saturated heterocycles. The molecule has 0 aliphatic carbocycles. The highest BCUT2D eigenvalue weighted by atomic mass is 35.5. The predicted octanol–water partition coefficient (Wildman–Crippen LogP) is 3.89. The zero-order chi connectivity index (χ0) is 15.3.